The standard InChI is InChI=1S/C9H9ClO/c10-7-3-1-6-2-4-9(11)8(6)5-7/h1,3,5,9,11H,2,4H2/t9-/m0/s1. The van der Waals surface area contributed by atoms with Crippen LogP contribution >= 0.6 is 11.6 Å². The lowest BCUT2D eigenvalue weighted by Crippen LogP contribution is -1.89. The normalized spacial score (nSPS) is 21.8. The molecular weight excluding hydrogens is 160 g/mol. The van der Waals surface area contributed by atoms with E-state index >= 15 is 0 Å². The molecule has 1 aliphatic carbocycles. The van der Waals surface area contributed by atoms with Crippen LogP contribution in [0.2, 0.25) is 5.02 Å². The van der Waals surface area contributed by atoms with Crippen molar-refractivity contribution in [3.05, 3.63) is 34.3 Å². The molecule has 1 aliphatic rings. The van der Waals surface area contributed by atoms with Gasteiger partial charge < -0.3 is 5.11 Å². The van der Waals surface area contributed by atoms with Crippen molar-refractivity contribution < 1.29 is 5.11 Å². The van der Waals surface area contributed by atoms with Gasteiger partial charge in [0.25, 0.3) is 0 Å². The summed E-state index contributed by atoms with van der Waals surface area (Å²) in [6, 6.07) is 5.72. The summed E-state index contributed by atoms with van der Waals surface area (Å²) >= 11 is 5.78. The summed E-state index contributed by atoms with van der Waals surface area (Å²) in [6.45, 7) is 0. The predicted octanol–water partition coefficient (Wildman–Crippen LogP) is 2.32. The van der Waals surface area contributed by atoms with Crippen LogP contribution in [0, 0.1) is 0 Å². The fraction of sp³-hybridized carbons (Fsp3) is 0.333. The van der Waals surface area contributed by atoms with Gasteiger partial charge in [-0.15, -0.1) is 0 Å². The van der Waals surface area contributed by atoms with E-state index in [0.29, 0.717) is 5.02 Å². The largest absolute Gasteiger partial charge is 0.388 e. The number of aryl methyl sites for hydroxylation is 1. The highest BCUT2D eigenvalue weighted by molar-refractivity contribution is 6.30. The highest BCUT2D eigenvalue weighted by Gasteiger charge is 2.19. The van der Waals surface area contributed by atoms with Gasteiger partial charge in [-0.3, -0.25) is 0 Å². The van der Waals surface area contributed by atoms with Crippen LogP contribution in [0.5, 0.6) is 0 Å². The van der Waals surface area contributed by atoms with E-state index in [-0.39, 0.29) is 6.10 Å². The lowest BCUT2D eigenvalue weighted by Gasteiger charge is -2.02. The van der Waals surface area contributed by atoms with Crippen LogP contribution in [0.4, 0.5) is 0 Å². The third kappa shape index (κ3) is 1.15. The molecule has 0 spiro atoms. The van der Waals surface area contributed by atoms with E-state index in [2.05, 4.69) is 0 Å². The molecule has 1 nitrogen and oxygen atoms in total. The molecule has 0 aromatic heterocycles. The Morgan fingerprint density at radius 3 is 3.09 bits per heavy atom. The van der Waals surface area contributed by atoms with Crippen LogP contribution in [0.25, 0.3) is 0 Å². The molecule has 0 heterocycles. The molecule has 0 amide bonds. The highest BCUT2D eigenvalue weighted by atomic mass is 35.5. The maximum absolute atomic E-state index is 9.45. The third-order valence-electron chi connectivity index (χ3n) is 2.15. The zero-order chi connectivity index (χ0) is 7.84. The number of benzene rings is 1. The average molecular weight is 169 g/mol. The zero-order valence-electron chi connectivity index (χ0n) is 6.05. The van der Waals surface area contributed by atoms with E-state index < -0.39 is 0 Å². The number of hydrogen-bond acceptors (Lipinski definition) is 1. The third-order valence-corrected chi connectivity index (χ3v) is 2.39. The highest BCUT2D eigenvalue weighted by Crippen LogP contribution is 2.32. The van der Waals surface area contributed by atoms with Crippen molar-refractivity contribution in [3.63, 3.8) is 0 Å². The maximum Gasteiger partial charge on any atom is 0.0796 e. The molecule has 1 aromatic carbocycles. The van der Waals surface area contributed by atoms with Crippen LogP contribution < -0.4 is 0 Å². The Hall–Kier alpha value is -0.530. The molecule has 0 saturated heterocycles. The Morgan fingerprint density at radius 1 is 1.45 bits per heavy atom. The smallest absolute Gasteiger partial charge is 0.0796 e. The number of hydrogen-bond donors (Lipinski definition) is 1. The van der Waals surface area contributed by atoms with Crippen molar-refractivity contribution in [1.82, 2.24) is 0 Å². The average Bonchev–Trinajstić information content (AvgIpc) is 2.33. The molecule has 1 N–H and O–H groups in total. The Kier molecular flexibility index (Phi) is 1.63. The molecule has 0 fully saturated rings. The lowest BCUT2D eigenvalue weighted by molar-refractivity contribution is 0.180. The molecule has 0 unspecified atom stereocenters. The number of rotatable bonds is 0. The van der Waals surface area contributed by atoms with Gasteiger partial charge in [-0.2, -0.15) is 0 Å². The van der Waals surface area contributed by atoms with Gasteiger partial charge in [-0.05, 0) is 36.1 Å². The quantitative estimate of drug-likeness (QED) is 0.631. The van der Waals surface area contributed by atoms with E-state index in [4.69, 9.17) is 11.6 Å². The Bertz CT molecular complexity index is 283. The Morgan fingerprint density at radius 2 is 2.27 bits per heavy atom. The van der Waals surface area contributed by atoms with Gasteiger partial charge >= 0.3 is 0 Å². The summed E-state index contributed by atoms with van der Waals surface area (Å²) in [5.74, 6) is 0. The van der Waals surface area contributed by atoms with Crippen LogP contribution in [0.3, 0.4) is 0 Å². The second kappa shape index (κ2) is 2.50. The molecule has 1 atom stereocenters. The van der Waals surface area contributed by atoms with Crippen LogP contribution in [-0.4, -0.2) is 5.11 Å². The van der Waals surface area contributed by atoms with Crippen LogP contribution in [0.1, 0.15) is 23.7 Å². The van der Waals surface area contributed by atoms with E-state index in [1.165, 1.54) is 5.56 Å². The van der Waals surface area contributed by atoms with Crippen molar-refractivity contribution in [2.45, 2.75) is 18.9 Å². The summed E-state index contributed by atoms with van der Waals surface area (Å²) in [4.78, 5) is 0. The maximum atomic E-state index is 9.45. The first-order valence-electron chi connectivity index (χ1n) is 3.74. The van der Waals surface area contributed by atoms with Gasteiger partial charge in [0.1, 0.15) is 0 Å². The zero-order valence-corrected chi connectivity index (χ0v) is 6.80. The van der Waals surface area contributed by atoms with Gasteiger partial charge in [0.05, 0.1) is 6.10 Å². The van der Waals surface area contributed by atoms with Crippen molar-refractivity contribution in [1.29, 1.82) is 0 Å². The monoisotopic (exact) mass is 168 g/mol. The fourth-order valence-electron chi connectivity index (χ4n) is 1.55. The first-order valence-corrected chi connectivity index (χ1v) is 4.11. The summed E-state index contributed by atoms with van der Waals surface area (Å²) in [7, 11) is 0. The molecule has 0 bridgehead atoms. The lowest BCUT2D eigenvalue weighted by atomic mass is 10.1. The van der Waals surface area contributed by atoms with Crippen LogP contribution in [-0.2, 0) is 6.42 Å². The van der Waals surface area contributed by atoms with Crippen molar-refractivity contribution in [2.75, 3.05) is 0 Å². The van der Waals surface area contributed by atoms with E-state index in [9.17, 15) is 5.11 Å². The van der Waals surface area contributed by atoms with E-state index in [1.807, 2.05) is 18.2 Å². The van der Waals surface area contributed by atoms with Gasteiger partial charge in [0, 0.05) is 5.02 Å². The molecule has 11 heavy (non-hydrogen) atoms. The minimum atomic E-state index is -0.288. The molecule has 2 rings (SSSR count). The summed E-state index contributed by atoms with van der Waals surface area (Å²) < 4.78 is 0. The Balaban J connectivity index is 2.52. The van der Waals surface area contributed by atoms with Gasteiger partial charge in [-0.1, -0.05) is 17.7 Å². The topological polar surface area (TPSA) is 20.2 Å². The van der Waals surface area contributed by atoms with Crippen molar-refractivity contribution in [3.8, 4) is 0 Å². The molecule has 1 aromatic rings. The molecule has 0 radical (unpaired) electrons. The number of fused-ring (bicyclic) bond motifs is 1. The number of aliphatic hydroxyl groups is 1. The first-order chi connectivity index (χ1) is 5.27. The fourth-order valence-corrected chi connectivity index (χ4v) is 1.73. The van der Waals surface area contributed by atoms with E-state index in [1.54, 1.807) is 0 Å². The first kappa shape index (κ1) is 7.14. The predicted molar refractivity (Wildman–Crippen MR) is 44.7 cm³/mol. The van der Waals surface area contributed by atoms with Gasteiger partial charge in [0.2, 0.25) is 0 Å². The Labute approximate surface area is 70.6 Å². The number of aliphatic hydroxyl groups excluding tert-OH is 1. The minimum Gasteiger partial charge on any atom is -0.388 e. The second-order valence-electron chi connectivity index (χ2n) is 2.90. The van der Waals surface area contributed by atoms with Gasteiger partial charge in [0.15, 0.2) is 0 Å². The van der Waals surface area contributed by atoms with Crippen molar-refractivity contribution in [2.24, 2.45) is 0 Å². The SMILES string of the molecule is O[C@H]1CCc2ccc(Cl)cc21. The number of halogens is 1. The summed E-state index contributed by atoms with van der Waals surface area (Å²) in [6.07, 6.45) is 1.53. The molecule has 58 valence electrons. The second-order valence-corrected chi connectivity index (χ2v) is 3.33. The van der Waals surface area contributed by atoms with E-state index in [0.717, 1.165) is 18.4 Å². The molecular formula is C9H9ClO. The molecule has 0 saturated carbocycles. The van der Waals surface area contributed by atoms with Gasteiger partial charge in [-0.25, -0.2) is 0 Å². The summed E-state index contributed by atoms with van der Waals surface area (Å²) in [5.41, 5.74) is 2.25. The molecule has 2 heteroatoms. The summed E-state index contributed by atoms with van der Waals surface area (Å²) in [5, 5.41) is 10.2. The van der Waals surface area contributed by atoms with Crippen LogP contribution in [0.15, 0.2) is 18.2 Å². The van der Waals surface area contributed by atoms with Crippen molar-refractivity contribution >= 4 is 11.6 Å². The molecule has 0 aliphatic heterocycles. The minimum absolute atomic E-state index is 0.288.